The van der Waals surface area contributed by atoms with Gasteiger partial charge < -0.3 is 16.0 Å². The van der Waals surface area contributed by atoms with Crippen molar-refractivity contribution in [3.63, 3.8) is 0 Å². The highest BCUT2D eigenvalue weighted by atomic mass is 32.2. The maximum Gasteiger partial charge on any atom is 0.322 e. The first-order chi connectivity index (χ1) is 15.4. The molecule has 0 spiro atoms. The van der Waals surface area contributed by atoms with Crippen LogP contribution in [0.3, 0.4) is 0 Å². The number of nitrogens with zero attached hydrogens (tertiary/aromatic N) is 1. The number of amides is 2. The lowest BCUT2D eigenvalue weighted by Gasteiger charge is -2.22. The van der Waals surface area contributed by atoms with Gasteiger partial charge in [-0.05, 0) is 36.2 Å². The summed E-state index contributed by atoms with van der Waals surface area (Å²) in [6.45, 7) is 2.68. The molecule has 9 heteroatoms. The molecule has 0 saturated heterocycles. The van der Waals surface area contributed by atoms with Gasteiger partial charge in [0.25, 0.3) is 11.3 Å². The Balaban J connectivity index is 1.80. The number of nitrogens with two attached hydrogens (primary N) is 1. The standard InChI is InChI=1S/C23H25N5O3S/c1-2-28(15-16-7-6-10-18(13-16)22(24)25)23(29)26-19-11-12-20(17-8-4-3-5-9-17)21(14-19)27-32(30)31/h3-14,27H,2,15H2,1H3,(H3,24,25)(H,26,29)(H,30,31). The second-order valence-corrected chi connectivity index (χ2v) is 7.74. The van der Waals surface area contributed by atoms with Crippen LogP contribution in [-0.4, -0.2) is 32.1 Å². The number of urea groups is 1. The van der Waals surface area contributed by atoms with Gasteiger partial charge in [0, 0.05) is 29.9 Å². The van der Waals surface area contributed by atoms with Crippen LogP contribution in [0.25, 0.3) is 11.1 Å². The quantitative estimate of drug-likeness (QED) is 0.199. The number of hydrogen-bond donors (Lipinski definition) is 5. The fraction of sp³-hybridized carbons (Fsp3) is 0.130. The third kappa shape index (κ3) is 5.93. The molecule has 6 N–H and O–H groups in total. The van der Waals surface area contributed by atoms with Crippen LogP contribution in [0, 0.1) is 5.41 Å². The first kappa shape index (κ1) is 23.0. The minimum absolute atomic E-state index is 0.0286. The summed E-state index contributed by atoms with van der Waals surface area (Å²) in [7, 11) is 0. The molecule has 3 aromatic carbocycles. The van der Waals surface area contributed by atoms with Crippen molar-refractivity contribution < 1.29 is 13.6 Å². The number of rotatable bonds is 8. The van der Waals surface area contributed by atoms with Crippen LogP contribution in [0.4, 0.5) is 16.2 Å². The molecule has 0 aliphatic heterocycles. The third-order valence-corrected chi connectivity index (χ3v) is 5.23. The molecule has 0 aliphatic carbocycles. The molecule has 0 saturated carbocycles. The Morgan fingerprint density at radius 3 is 2.50 bits per heavy atom. The summed E-state index contributed by atoms with van der Waals surface area (Å²) in [6.07, 6.45) is 0. The van der Waals surface area contributed by atoms with E-state index in [1.54, 1.807) is 41.3 Å². The zero-order chi connectivity index (χ0) is 23.1. The van der Waals surface area contributed by atoms with E-state index in [4.69, 9.17) is 11.1 Å². The van der Waals surface area contributed by atoms with E-state index in [1.807, 2.05) is 43.3 Å². The molecular formula is C23H25N5O3S. The topological polar surface area (TPSA) is 132 Å². The van der Waals surface area contributed by atoms with Crippen molar-refractivity contribution in [3.05, 3.63) is 83.9 Å². The van der Waals surface area contributed by atoms with E-state index < -0.39 is 11.3 Å². The van der Waals surface area contributed by atoms with Crippen molar-refractivity contribution in [2.24, 2.45) is 5.73 Å². The Kier molecular flexibility index (Phi) is 7.58. The van der Waals surface area contributed by atoms with Crippen LogP contribution in [0.5, 0.6) is 0 Å². The smallest absolute Gasteiger partial charge is 0.322 e. The number of nitrogens with one attached hydrogen (secondary N) is 3. The van der Waals surface area contributed by atoms with Gasteiger partial charge in [-0.25, -0.2) is 9.00 Å². The Bertz CT molecular complexity index is 1140. The molecule has 0 aromatic heterocycles. The summed E-state index contributed by atoms with van der Waals surface area (Å²) >= 11 is -2.27. The van der Waals surface area contributed by atoms with Crippen molar-refractivity contribution in [2.75, 3.05) is 16.6 Å². The normalized spacial score (nSPS) is 11.4. The Hall–Kier alpha value is -3.69. The van der Waals surface area contributed by atoms with Gasteiger partial charge in [0.15, 0.2) is 0 Å². The summed E-state index contributed by atoms with van der Waals surface area (Å²) in [5.74, 6) is -0.0286. The van der Waals surface area contributed by atoms with Crippen molar-refractivity contribution >= 4 is 34.5 Å². The molecule has 0 heterocycles. The van der Waals surface area contributed by atoms with Crippen molar-refractivity contribution in [1.82, 2.24) is 4.90 Å². The van der Waals surface area contributed by atoms with Crippen molar-refractivity contribution in [1.29, 1.82) is 5.41 Å². The molecule has 0 bridgehead atoms. The highest BCUT2D eigenvalue weighted by Gasteiger charge is 2.15. The van der Waals surface area contributed by atoms with E-state index in [-0.39, 0.29) is 11.9 Å². The predicted octanol–water partition coefficient (Wildman–Crippen LogP) is 4.24. The number of hydrogen-bond acceptors (Lipinski definition) is 3. The molecule has 32 heavy (non-hydrogen) atoms. The molecule has 0 fully saturated rings. The fourth-order valence-electron chi connectivity index (χ4n) is 3.26. The zero-order valence-corrected chi connectivity index (χ0v) is 18.4. The number of carbonyl (C=O) groups is 1. The van der Waals surface area contributed by atoms with E-state index in [9.17, 15) is 13.6 Å². The monoisotopic (exact) mass is 451 g/mol. The predicted molar refractivity (Wildman–Crippen MR) is 129 cm³/mol. The molecule has 0 aliphatic rings. The Morgan fingerprint density at radius 1 is 1.09 bits per heavy atom. The average Bonchev–Trinajstić information content (AvgIpc) is 2.78. The van der Waals surface area contributed by atoms with E-state index in [0.717, 1.165) is 16.7 Å². The number of nitrogen functional groups attached to an aromatic ring is 1. The van der Waals surface area contributed by atoms with Crippen molar-refractivity contribution in [3.8, 4) is 11.1 Å². The fourth-order valence-corrected chi connectivity index (χ4v) is 3.61. The molecule has 2 amide bonds. The van der Waals surface area contributed by atoms with Crippen molar-refractivity contribution in [2.45, 2.75) is 13.5 Å². The lowest BCUT2D eigenvalue weighted by atomic mass is 10.0. The lowest BCUT2D eigenvalue weighted by Crippen LogP contribution is -2.34. The van der Waals surface area contributed by atoms with Crippen LogP contribution in [0.2, 0.25) is 0 Å². The second-order valence-electron chi connectivity index (χ2n) is 7.04. The van der Waals surface area contributed by atoms with Crippen LogP contribution >= 0.6 is 0 Å². The summed E-state index contributed by atoms with van der Waals surface area (Å²) in [4.78, 5) is 14.5. The SMILES string of the molecule is CCN(Cc1cccc(C(=N)N)c1)C(=O)Nc1ccc(-c2ccccc2)c(NS(=O)O)c1. The molecule has 1 unspecified atom stereocenters. The largest absolute Gasteiger partial charge is 0.384 e. The Labute approximate surface area is 189 Å². The highest BCUT2D eigenvalue weighted by molar-refractivity contribution is 7.80. The molecule has 3 rings (SSSR count). The van der Waals surface area contributed by atoms with Gasteiger partial charge in [0.05, 0.1) is 5.69 Å². The minimum Gasteiger partial charge on any atom is -0.384 e. The van der Waals surface area contributed by atoms with Crippen LogP contribution in [-0.2, 0) is 17.8 Å². The summed E-state index contributed by atoms with van der Waals surface area (Å²) in [5, 5.41) is 10.4. The highest BCUT2D eigenvalue weighted by Crippen LogP contribution is 2.31. The van der Waals surface area contributed by atoms with Crippen LogP contribution < -0.4 is 15.8 Å². The van der Waals surface area contributed by atoms with E-state index in [0.29, 0.717) is 30.0 Å². The number of carbonyl (C=O) groups excluding carboxylic acids is 1. The van der Waals surface area contributed by atoms with Crippen LogP contribution in [0.1, 0.15) is 18.1 Å². The molecule has 166 valence electrons. The summed E-state index contributed by atoms with van der Waals surface area (Å²) in [5.41, 5.74) is 9.53. The van der Waals surface area contributed by atoms with E-state index in [1.165, 1.54) is 0 Å². The first-order valence-electron chi connectivity index (χ1n) is 9.93. The molecular weight excluding hydrogens is 426 g/mol. The molecule has 1 atom stereocenters. The summed E-state index contributed by atoms with van der Waals surface area (Å²) < 4.78 is 23.3. The Morgan fingerprint density at radius 2 is 1.84 bits per heavy atom. The number of anilines is 2. The third-order valence-electron chi connectivity index (χ3n) is 4.83. The second kappa shape index (κ2) is 10.6. The van der Waals surface area contributed by atoms with E-state index in [2.05, 4.69) is 10.0 Å². The van der Waals surface area contributed by atoms with Gasteiger partial charge >= 0.3 is 6.03 Å². The van der Waals surface area contributed by atoms with E-state index >= 15 is 0 Å². The number of benzene rings is 3. The molecule has 0 radical (unpaired) electrons. The zero-order valence-electron chi connectivity index (χ0n) is 17.5. The first-order valence-corrected chi connectivity index (χ1v) is 11.0. The van der Waals surface area contributed by atoms with Gasteiger partial charge in [-0.1, -0.05) is 54.6 Å². The maximum absolute atomic E-state index is 12.9. The minimum atomic E-state index is -2.27. The van der Waals surface area contributed by atoms with Gasteiger partial charge in [-0.2, -0.15) is 0 Å². The lowest BCUT2D eigenvalue weighted by molar-refractivity contribution is 0.212. The molecule has 3 aromatic rings. The van der Waals surface area contributed by atoms with Gasteiger partial charge in [0.1, 0.15) is 5.84 Å². The number of amidine groups is 1. The molecule has 8 nitrogen and oxygen atoms in total. The maximum atomic E-state index is 12.9. The van der Waals surface area contributed by atoms with Crippen LogP contribution in [0.15, 0.2) is 72.8 Å². The van der Waals surface area contributed by atoms with Gasteiger partial charge in [-0.15, -0.1) is 0 Å². The summed E-state index contributed by atoms with van der Waals surface area (Å²) in [6, 6.07) is 21.5. The van der Waals surface area contributed by atoms with Gasteiger partial charge in [-0.3, -0.25) is 14.7 Å². The average molecular weight is 452 g/mol. The van der Waals surface area contributed by atoms with Gasteiger partial charge in [0.2, 0.25) is 0 Å².